The Hall–Kier alpha value is -1.70. The van der Waals surface area contributed by atoms with Gasteiger partial charge in [-0.15, -0.1) is 0 Å². The maximum absolute atomic E-state index is 12.6. The largest absolute Gasteiger partial charge is 0.340 e. The number of thiocarbonyl (C=S) groups is 1. The summed E-state index contributed by atoms with van der Waals surface area (Å²) in [6.45, 7) is 5.95. The van der Waals surface area contributed by atoms with Gasteiger partial charge in [0.2, 0.25) is 5.91 Å². The van der Waals surface area contributed by atoms with Gasteiger partial charge in [0.15, 0.2) is 0 Å². The molecule has 1 aromatic carbocycles. The van der Waals surface area contributed by atoms with Crippen LogP contribution in [0.1, 0.15) is 24.0 Å². The van der Waals surface area contributed by atoms with Gasteiger partial charge in [0.25, 0.3) is 5.91 Å². The summed E-state index contributed by atoms with van der Waals surface area (Å²) < 4.78 is 0.574. The summed E-state index contributed by atoms with van der Waals surface area (Å²) in [5.74, 6) is 0.112. The zero-order valence-corrected chi connectivity index (χ0v) is 17.4. The van der Waals surface area contributed by atoms with Crippen molar-refractivity contribution >= 4 is 46.2 Å². The van der Waals surface area contributed by atoms with Gasteiger partial charge in [-0.25, -0.2) is 0 Å². The number of carbonyl (C=O) groups is 2. The van der Waals surface area contributed by atoms with Gasteiger partial charge in [-0.1, -0.05) is 53.8 Å². The summed E-state index contributed by atoms with van der Waals surface area (Å²) in [5.41, 5.74) is 2.18. The fourth-order valence-corrected chi connectivity index (χ4v) is 4.42. The zero-order chi connectivity index (χ0) is 19.4. The van der Waals surface area contributed by atoms with Crippen LogP contribution in [0.5, 0.6) is 0 Å². The fourth-order valence-electron chi connectivity index (χ4n) is 3.11. The Morgan fingerprint density at radius 3 is 2.52 bits per heavy atom. The second kappa shape index (κ2) is 8.99. The quantitative estimate of drug-likeness (QED) is 0.559. The van der Waals surface area contributed by atoms with E-state index in [-0.39, 0.29) is 11.8 Å². The van der Waals surface area contributed by atoms with Crippen molar-refractivity contribution in [2.75, 3.05) is 39.8 Å². The average molecular weight is 404 g/mol. The number of thioether (sulfide) groups is 1. The van der Waals surface area contributed by atoms with E-state index >= 15 is 0 Å². The summed E-state index contributed by atoms with van der Waals surface area (Å²) in [7, 11) is 2.07. The summed E-state index contributed by atoms with van der Waals surface area (Å²) in [4.78, 5) is 31.4. The highest BCUT2D eigenvalue weighted by atomic mass is 32.2. The SMILES string of the molecule is Cc1ccc(/C=C2\SC(=S)N(CCCC(=O)N3CCN(C)CC3)C2=O)cc1. The predicted octanol–water partition coefficient (Wildman–Crippen LogP) is 2.75. The van der Waals surface area contributed by atoms with Crippen molar-refractivity contribution < 1.29 is 9.59 Å². The number of hydrogen-bond acceptors (Lipinski definition) is 5. The number of hydrogen-bond donors (Lipinski definition) is 0. The molecule has 0 bridgehead atoms. The third kappa shape index (κ3) is 5.18. The monoisotopic (exact) mass is 403 g/mol. The Kier molecular flexibility index (Phi) is 6.68. The number of likely N-dealkylation sites (N-methyl/N-ethyl adjacent to an activating group) is 1. The lowest BCUT2D eigenvalue weighted by Gasteiger charge is -2.32. The van der Waals surface area contributed by atoms with E-state index in [1.54, 1.807) is 4.90 Å². The molecule has 2 amide bonds. The number of aryl methyl sites for hydroxylation is 1. The molecule has 2 aliphatic rings. The predicted molar refractivity (Wildman–Crippen MR) is 114 cm³/mol. The number of carbonyl (C=O) groups excluding carboxylic acids is 2. The fraction of sp³-hybridized carbons (Fsp3) is 0.450. The second-order valence-corrected chi connectivity index (χ2v) is 8.71. The van der Waals surface area contributed by atoms with Crippen molar-refractivity contribution in [2.24, 2.45) is 0 Å². The Bertz CT molecular complexity index is 753. The van der Waals surface area contributed by atoms with Gasteiger partial charge in [0.05, 0.1) is 4.91 Å². The first-order valence-corrected chi connectivity index (χ1v) is 10.4. The van der Waals surface area contributed by atoms with Gasteiger partial charge < -0.3 is 9.80 Å². The second-order valence-electron chi connectivity index (χ2n) is 7.03. The van der Waals surface area contributed by atoms with Crippen LogP contribution in [0.3, 0.4) is 0 Å². The first-order chi connectivity index (χ1) is 12.9. The minimum absolute atomic E-state index is 0.0578. The maximum atomic E-state index is 12.6. The molecule has 1 aromatic rings. The highest BCUT2D eigenvalue weighted by Gasteiger charge is 2.31. The molecule has 7 heteroatoms. The smallest absolute Gasteiger partial charge is 0.266 e. The van der Waals surface area contributed by atoms with E-state index in [0.717, 1.165) is 31.7 Å². The van der Waals surface area contributed by atoms with Crippen molar-refractivity contribution in [1.29, 1.82) is 0 Å². The van der Waals surface area contributed by atoms with Crippen molar-refractivity contribution in [3.63, 3.8) is 0 Å². The molecular weight excluding hydrogens is 378 g/mol. The highest BCUT2D eigenvalue weighted by Crippen LogP contribution is 2.32. The van der Waals surface area contributed by atoms with Crippen molar-refractivity contribution in [3.8, 4) is 0 Å². The van der Waals surface area contributed by atoms with Crippen molar-refractivity contribution in [3.05, 3.63) is 40.3 Å². The molecule has 0 saturated carbocycles. The Morgan fingerprint density at radius 2 is 1.85 bits per heavy atom. The van der Waals surface area contributed by atoms with E-state index in [1.807, 2.05) is 42.2 Å². The van der Waals surface area contributed by atoms with Gasteiger partial charge >= 0.3 is 0 Å². The molecule has 2 aliphatic heterocycles. The Labute approximate surface area is 170 Å². The number of nitrogens with zero attached hydrogens (tertiary/aromatic N) is 3. The van der Waals surface area contributed by atoms with Gasteiger partial charge in [-0.05, 0) is 32.0 Å². The van der Waals surface area contributed by atoms with Crippen LogP contribution in [0.2, 0.25) is 0 Å². The number of rotatable bonds is 5. The number of benzene rings is 1. The first kappa shape index (κ1) is 20.0. The molecular formula is C20H25N3O2S2. The maximum Gasteiger partial charge on any atom is 0.266 e. The summed E-state index contributed by atoms with van der Waals surface area (Å²) >= 11 is 6.71. The molecule has 0 atom stereocenters. The van der Waals surface area contributed by atoms with Gasteiger partial charge in [-0.3, -0.25) is 14.5 Å². The molecule has 5 nitrogen and oxygen atoms in total. The summed E-state index contributed by atoms with van der Waals surface area (Å²) in [6, 6.07) is 8.04. The Morgan fingerprint density at radius 1 is 1.19 bits per heavy atom. The molecule has 144 valence electrons. The van der Waals surface area contributed by atoms with Gasteiger partial charge in [0.1, 0.15) is 4.32 Å². The van der Waals surface area contributed by atoms with Crippen LogP contribution in [0, 0.1) is 6.92 Å². The Balaban J connectivity index is 1.52. The summed E-state index contributed by atoms with van der Waals surface area (Å²) in [6.07, 6.45) is 2.97. The minimum atomic E-state index is -0.0578. The van der Waals surface area contributed by atoms with Crippen LogP contribution < -0.4 is 0 Å². The van der Waals surface area contributed by atoms with E-state index in [9.17, 15) is 9.59 Å². The van der Waals surface area contributed by atoms with Crippen LogP contribution in [-0.2, 0) is 9.59 Å². The third-order valence-electron chi connectivity index (χ3n) is 4.88. The van der Waals surface area contributed by atoms with Crippen LogP contribution in [0.25, 0.3) is 6.08 Å². The molecule has 0 spiro atoms. The lowest BCUT2D eigenvalue weighted by atomic mass is 10.1. The minimum Gasteiger partial charge on any atom is -0.340 e. The molecule has 2 heterocycles. The van der Waals surface area contributed by atoms with Crippen LogP contribution in [-0.4, -0.2) is 70.6 Å². The van der Waals surface area contributed by atoms with Crippen LogP contribution in [0.15, 0.2) is 29.2 Å². The molecule has 0 aromatic heterocycles. The lowest BCUT2D eigenvalue weighted by molar-refractivity contribution is -0.133. The van der Waals surface area contributed by atoms with Crippen LogP contribution in [0.4, 0.5) is 0 Å². The van der Waals surface area contributed by atoms with Gasteiger partial charge in [0, 0.05) is 39.1 Å². The normalized spacial score (nSPS) is 20.0. The first-order valence-electron chi connectivity index (χ1n) is 9.22. The molecule has 2 saturated heterocycles. The molecule has 0 unspecified atom stereocenters. The summed E-state index contributed by atoms with van der Waals surface area (Å²) in [5, 5.41) is 0. The van der Waals surface area contributed by atoms with Crippen LogP contribution >= 0.6 is 24.0 Å². The molecule has 0 aliphatic carbocycles. The number of amides is 2. The molecule has 0 radical (unpaired) electrons. The van der Waals surface area contributed by atoms with Crippen molar-refractivity contribution in [1.82, 2.24) is 14.7 Å². The topological polar surface area (TPSA) is 43.9 Å². The molecule has 0 N–H and O–H groups in total. The standard InChI is InChI=1S/C20H25N3O2S2/c1-15-5-7-16(8-6-15)14-17-19(25)23(20(26)27-17)9-3-4-18(24)22-12-10-21(2)11-13-22/h5-8,14H,3-4,9-13H2,1-2H3/b17-14-. The highest BCUT2D eigenvalue weighted by molar-refractivity contribution is 8.26. The number of piperazine rings is 1. The van der Waals surface area contributed by atoms with E-state index in [0.29, 0.717) is 28.6 Å². The zero-order valence-electron chi connectivity index (χ0n) is 15.8. The van der Waals surface area contributed by atoms with E-state index in [1.165, 1.54) is 17.3 Å². The third-order valence-corrected chi connectivity index (χ3v) is 6.25. The van der Waals surface area contributed by atoms with Gasteiger partial charge in [-0.2, -0.15) is 0 Å². The average Bonchev–Trinajstić information content (AvgIpc) is 2.91. The molecule has 3 rings (SSSR count). The van der Waals surface area contributed by atoms with E-state index in [2.05, 4.69) is 11.9 Å². The lowest BCUT2D eigenvalue weighted by Crippen LogP contribution is -2.47. The van der Waals surface area contributed by atoms with E-state index < -0.39 is 0 Å². The van der Waals surface area contributed by atoms with Crippen molar-refractivity contribution in [2.45, 2.75) is 19.8 Å². The van der Waals surface area contributed by atoms with E-state index in [4.69, 9.17) is 12.2 Å². The molecule has 2 fully saturated rings. The molecule has 27 heavy (non-hydrogen) atoms.